The molecule has 7 heteroatoms. The number of halogens is 1. The Balaban J connectivity index is 1.58. The first-order valence-corrected chi connectivity index (χ1v) is 9.84. The molecule has 30 heavy (non-hydrogen) atoms. The van der Waals surface area contributed by atoms with Crippen molar-refractivity contribution in [3.63, 3.8) is 0 Å². The number of hydrogen-bond acceptors (Lipinski definition) is 3. The zero-order valence-electron chi connectivity index (χ0n) is 16.2. The number of phenols is 1. The van der Waals surface area contributed by atoms with Crippen LogP contribution in [0.4, 0.5) is 4.39 Å². The number of rotatable bonds is 6. The summed E-state index contributed by atoms with van der Waals surface area (Å²) in [5, 5.41) is 15.7. The molecule has 0 aliphatic carbocycles. The fraction of sp³-hybridized carbons (Fsp3) is 0.217. The summed E-state index contributed by atoms with van der Waals surface area (Å²) < 4.78 is 13.4. The lowest BCUT2D eigenvalue weighted by atomic mass is 10.0. The SMILES string of the molecule is O=C(CCc1cc(-c2ccccc2O)[nH]c1-c1ccc(F)cc1)NC1CCNC1=O. The molecule has 6 nitrogen and oxygen atoms in total. The summed E-state index contributed by atoms with van der Waals surface area (Å²) in [6, 6.07) is 14.5. The molecular formula is C23H22FN3O3. The van der Waals surface area contributed by atoms with Crippen molar-refractivity contribution in [2.24, 2.45) is 0 Å². The minimum Gasteiger partial charge on any atom is -0.507 e. The van der Waals surface area contributed by atoms with E-state index in [0.29, 0.717) is 30.6 Å². The highest BCUT2D eigenvalue weighted by Crippen LogP contribution is 2.33. The second-order valence-corrected chi connectivity index (χ2v) is 7.31. The van der Waals surface area contributed by atoms with Crippen LogP contribution in [0.2, 0.25) is 0 Å². The van der Waals surface area contributed by atoms with Gasteiger partial charge in [-0.25, -0.2) is 4.39 Å². The van der Waals surface area contributed by atoms with Gasteiger partial charge in [-0.05, 0) is 66.4 Å². The van der Waals surface area contributed by atoms with Gasteiger partial charge in [-0.1, -0.05) is 12.1 Å². The molecule has 1 aliphatic rings. The van der Waals surface area contributed by atoms with Crippen molar-refractivity contribution in [1.82, 2.24) is 15.6 Å². The molecule has 1 fully saturated rings. The molecule has 1 atom stereocenters. The predicted molar refractivity (Wildman–Crippen MR) is 111 cm³/mol. The Kier molecular flexibility index (Phi) is 5.52. The first kappa shape index (κ1) is 19.7. The second-order valence-electron chi connectivity index (χ2n) is 7.31. The monoisotopic (exact) mass is 407 g/mol. The van der Waals surface area contributed by atoms with Crippen LogP contribution in [0.25, 0.3) is 22.5 Å². The summed E-state index contributed by atoms with van der Waals surface area (Å²) in [5.41, 5.74) is 3.76. The molecule has 0 spiro atoms. The molecule has 2 amide bonds. The third-order valence-corrected chi connectivity index (χ3v) is 5.23. The summed E-state index contributed by atoms with van der Waals surface area (Å²) in [6.07, 6.45) is 1.22. The summed E-state index contributed by atoms with van der Waals surface area (Å²) in [4.78, 5) is 27.3. The molecular weight excluding hydrogens is 385 g/mol. The van der Waals surface area contributed by atoms with E-state index in [-0.39, 0.29) is 29.8 Å². The first-order valence-electron chi connectivity index (χ1n) is 9.84. The highest BCUT2D eigenvalue weighted by Gasteiger charge is 2.25. The van der Waals surface area contributed by atoms with Crippen LogP contribution in [-0.4, -0.2) is 34.5 Å². The highest BCUT2D eigenvalue weighted by atomic mass is 19.1. The number of H-pyrrole nitrogens is 1. The van der Waals surface area contributed by atoms with E-state index in [9.17, 15) is 19.1 Å². The van der Waals surface area contributed by atoms with Gasteiger partial charge in [-0.3, -0.25) is 9.59 Å². The molecule has 2 heterocycles. The van der Waals surface area contributed by atoms with E-state index in [1.807, 2.05) is 12.1 Å². The fourth-order valence-electron chi connectivity index (χ4n) is 3.66. The summed E-state index contributed by atoms with van der Waals surface area (Å²) in [7, 11) is 0. The number of phenolic OH excluding ortho intramolecular Hbond substituents is 1. The van der Waals surface area contributed by atoms with Gasteiger partial charge in [0, 0.05) is 29.9 Å². The van der Waals surface area contributed by atoms with Gasteiger partial charge >= 0.3 is 0 Å². The quantitative estimate of drug-likeness (QED) is 0.506. The molecule has 4 rings (SSSR count). The summed E-state index contributed by atoms with van der Waals surface area (Å²) in [5.74, 6) is -0.547. The molecule has 3 aromatic rings. The van der Waals surface area contributed by atoms with Crippen LogP contribution < -0.4 is 10.6 Å². The number of carbonyl (C=O) groups excluding carboxylic acids is 2. The molecule has 1 saturated heterocycles. The second kappa shape index (κ2) is 8.41. The lowest BCUT2D eigenvalue weighted by Crippen LogP contribution is -2.40. The minimum atomic E-state index is -0.475. The number of aryl methyl sites for hydroxylation is 1. The standard InChI is InChI=1S/C23H22FN3O3/c24-16-8-5-14(6-9-16)22-15(7-10-21(29)26-18-11-12-25-23(18)30)13-19(27-22)17-3-1-2-4-20(17)28/h1-6,8-9,13,18,27-28H,7,10-12H2,(H,25,30)(H,26,29). The average molecular weight is 407 g/mol. The van der Waals surface area contributed by atoms with E-state index in [2.05, 4.69) is 15.6 Å². The van der Waals surface area contributed by atoms with Crippen LogP contribution in [0.15, 0.2) is 54.6 Å². The van der Waals surface area contributed by atoms with Gasteiger partial charge in [-0.2, -0.15) is 0 Å². The van der Waals surface area contributed by atoms with Crippen molar-refractivity contribution < 1.29 is 19.1 Å². The van der Waals surface area contributed by atoms with Gasteiger partial charge in [0.2, 0.25) is 11.8 Å². The number of benzene rings is 2. The maximum Gasteiger partial charge on any atom is 0.242 e. The molecule has 1 aliphatic heterocycles. The summed E-state index contributed by atoms with van der Waals surface area (Å²) in [6.45, 7) is 0.570. The third-order valence-electron chi connectivity index (χ3n) is 5.23. The Morgan fingerprint density at radius 2 is 1.93 bits per heavy atom. The van der Waals surface area contributed by atoms with Crippen molar-refractivity contribution in [3.8, 4) is 28.3 Å². The van der Waals surface area contributed by atoms with Crippen LogP contribution in [0.1, 0.15) is 18.4 Å². The Hall–Kier alpha value is -3.61. The number of aromatic nitrogens is 1. The van der Waals surface area contributed by atoms with Crippen LogP contribution >= 0.6 is 0 Å². The van der Waals surface area contributed by atoms with E-state index in [1.165, 1.54) is 12.1 Å². The molecule has 0 saturated carbocycles. The van der Waals surface area contributed by atoms with E-state index in [0.717, 1.165) is 16.8 Å². The molecule has 4 N–H and O–H groups in total. The lowest BCUT2D eigenvalue weighted by molar-refractivity contribution is -0.127. The molecule has 0 bridgehead atoms. The number of nitrogens with one attached hydrogen (secondary N) is 3. The molecule has 1 aromatic heterocycles. The van der Waals surface area contributed by atoms with Gasteiger partial charge in [0.15, 0.2) is 0 Å². The number of amides is 2. The van der Waals surface area contributed by atoms with Gasteiger partial charge in [0.05, 0.1) is 0 Å². The molecule has 1 unspecified atom stereocenters. The van der Waals surface area contributed by atoms with Crippen molar-refractivity contribution >= 4 is 11.8 Å². The maximum atomic E-state index is 13.4. The fourth-order valence-corrected chi connectivity index (χ4v) is 3.66. The summed E-state index contributed by atoms with van der Waals surface area (Å²) >= 11 is 0. The van der Waals surface area contributed by atoms with Crippen LogP contribution in [-0.2, 0) is 16.0 Å². The zero-order chi connectivity index (χ0) is 21.1. The Bertz CT molecular complexity index is 1080. The van der Waals surface area contributed by atoms with Crippen molar-refractivity contribution in [1.29, 1.82) is 0 Å². The number of hydrogen-bond donors (Lipinski definition) is 4. The third kappa shape index (κ3) is 4.20. The Morgan fingerprint density at radius 1 is 1.17 bits per heavy atom. The van der Waals surface area contributed by atoms with Crippen molar-refractivity contribution in [2.75, 3.05) is 6.54 Å². The van der Waals surface area contributed by atoms with Crippen LogP contribution in [0.3, 0.4) is 0 Å². The maximum absolute atomic E-state index is 13.4. The predicted octanol–water partition coefficient (Wildman–Crippen LogP) is 3.13. The highest BCUT2D eigenvalue weighted by molar-refractivity contribution is 5.89. The molecule has 154 valence electrons. The lowest BCUT2D eigenvalue weighted by Gasteiger charge is -2.10. The largest absolute Gasteiger partial charge is 0.507 e. The number of para-hydroxylation sites is 1. The van der Waals surface area contributed by atoms with Gasteiger partial charge in [-0.15, -0.1) is 0 Å². The van der Waals surface area contributed by atoms with E-state index < -0.39 is 6.04 Å². The van der Waals surface area contributed by atoms with Crippen LogP contribution in [0.5, 0.6) is 5.75 Å². The van der Waals surface area contributed by atoms with Gasteiger partial charge in [0.1, 0.15) is 17.6 Å². The number of carbonyl (C=O) groups is 2. The van der Waals surface area contributed by atoms with E-state index in [1.54, 1.807) is 30.3 Å². The molecule has 2 aromatic carbocycles. The zero-order valence-corrected chi connectivity index (χ0v) is 16.2. The van der Waals surface area contributed by atoms with Gasteiger partial charge in [0.25, 0.3) is 0 Å². The van der Waals surface area contributed by atoms with Crippen molar-refractivity contribution in [3.05, 3.63) is 66.0 Å². The molecule has 0 radical (unpaired) electrons. The van der Waals surface area contributed by atoms with Crippen molar-refractivity contribution in [2.45, 2.75) is 25.3 Å². The average Bonchev–Trinajstić information content (AvgIpc) is 3.34. The minimum absolute atomic E-state index is 0.140. The number of aromatic amines is 1. The van der Waals surface area contributed by atoms with E-state index in [4.69, 9.17) is 0 Å². The normalized spacial score (nSPS) is 15.8. The Labute approximate surface area is 173 Å². The smallest absolute Gasteiger partial charge is 0.242 e. The van der Waals surface area contributed by atoms with Crippen LogP contribution in [0, 0.1) is 5.82 Å². The topological polar surface area (TPSA) is 94.2 Å². The number of aromatic hydroxyl groups is 1. The Morgan fingerprint density at radius 3 is 2.63 bits per heavy atom. The van der Waals surface area contributed by atoms with Gasteiger partial charge < -0.3 is 20.7 Å². The first-order chi connectivity index (χ1) is 14.5. The van der Waals surface area contributed by atoms with E-state index >= 15 is 0 Å².